The van der Waals surface area contributed by atoms with E-state index in [-0.39, 0.29) is 40.4 Å². The summed E-state index contributed by atoms with van der Waals surface area (Å²) >= 11 is -16.9. The van der Waals surface area contributed by atoms with Crippen molar-refractivity contribution in [3.8, 4) is 0 Å². The third kappa shape index (κ3) is 3070. The molecule has 0 aliphatic carbocycles. The molecule has 0 bridgehead atoms. The monoisotopic (exact) mass is 502 g/mol. The Morgan fingerprint density at radius 3 is 0.438 bits per heavy atom. The molecule has 0 unspecified atom stereocenters. The van der Waals surface area contributed by atoms with Crippen LogP contribution in [0.2, 0.25) is 0 Å². The summed E-state index contributed by atoms with van der Waals surface area (Å²) < 4.78 is 103. The molecule has 0 rings (SSSR count). The van der Waals surface area contributed by atoms with E-state index < -0.39 is 38.9 Å². The van der Waals surface area contributed by atoms with Crippen molar-refractivity contribution in [2.24, 2.45) is 0 Å². The van der Waals surface area contributed by atoms with Gasteiger partial charge in [0.15, 0.2) is 0 Å². The molecule has 0 aromatic rings. The predicted octanol–water partition coefficient (Wildman–Crippen LogP) is -4.64. The maximum absolute atomic E-state index is 8.58. The Kier molecular flexibility index (Phi) is 16.0. The number of rotatable bonds is 0. The van der Waals surface area contributed by atoms with E-state index in [2.05, 4.69) is 0 Å². The molecule has 0 atom stereocenters. The molecule has 16 heavy (non-hydrogen) atoms. The van der Waals surface area contributed by atoms with Gasteiger partial charge in [-0.05, 0) is 0 Å². The number of hydrogen-bond acceptors (Lipinski definition) is 12. The van der Waals surface area contributed by atoms with Gasteiger partial charge < -0.3 is 0 Å². The van der Waals surface area contributed by atoms with Crippen LogP contribution in [0.25, 0.3) is 0 Å². The molecule has 0 aromatic carbocycles. The van der Waals surface area contributed by atoms with Crippen LogP contribution in [-0.4, -0.2) is 0 Å². The van der Waals surface area contributed by atoms with Crippen molar-refractivity contribution in [1.82, 2.24) is 0 Å². The Morgan fingerprint density at radius 2 is 0.438 bits per heavy atom. The summed E-state index contributed by atoms with van der Waals surface area (Å²) in [5.41, 5.74) is 0. The van der Waals surface area contributed by atoms with Gasteiger partial charge in [-0.25, -0.2) is 0 Å². The van der Waals surface area contributed by atoms with Gasteiger partial charge in [-0.2, -0.15) is 0 Å². The number of hydrogen-bond donors (Lipinski definition) is 0. The van der Waals surface area contributed by atoms with E-state index in [1.165, 1.54) is 0 Å². The first-order chi connectivity index (χ1) is 6.00. The van der Waals surface area contributed by atoms with Gasteiger partial charge in [-0.15, -0.1) is 0 Å². The molecular weight excluding hydrogens is 502 g/mol. The first-order valence-electron chi connectivity index (χ1n) is 1.85. The third-order valence-electron chi connectivity index (χ3n) is 0. The summed E-state index contributed by atoms with van der Waals surface area (Å²) in [6.45, 7) is 0. The Morgan fingerprint density at radius 1 is 0.438 bits per heavy atom. The largest absolute Gasteiger partial charge is 0 e. The van der Waals surface area contributed by atoms with Crippen LogP contribution in [-0.2, 0) is 73.4 Å². The average Bonchev–Trinajstić information content (AvgIpc) is 1.41. The van der Waals surface area contributed by atoms with Crippen molar-refractivity contribution in [3.05, 3.63) is 0 Å². The standard InChI is InChI=1S/3Mn.12O.Pm/q;;;;;;;;;;;;3*-1;. The van der Waals surface area contributed by atoms with Crippen LogP contribution < -0.4 is 12.6 Å². The SMILES string of the molecule is [O]=[Mn](=[O])(=[O])[O-].[O]=[Mn](=[O])(=[O])[O-].[O]=[Mn](=[O])(=[O])[O-].[Pm]. The van der Waals surface area contributed by atoms with E-state index in [1.54, 1.807) is 0 Å². The Balaban J connectivity index is -0.0000000655. The van der Waals surface area contributed by atoms with Crippen LogP contribution in [0.3, 0.4) is 0 Å². The van der Waals surface area contributed by atoms with Crippen LogP contribution in [0.1, 0.15) is 0 Å². The van der Waals surface area contributed by atoms with Crippen LogP contribution in [0.4, 0.5) is 0 Å². The third-order valence-corrected chi connectivity index (χ3v) is 0. The summed E-state index contributed by atoms with van der Waals surface area (Å²) in [5.74, 6) is 0. The Hall–Kier alpha value is 0.976. The van der Waals surface area contributed by atoms with E-state index in [9.17, 15) is 0 Å². The summed E-state index contributed by atoms with van der Waals surface area (Å²) in [6.07, 6.45) is 0. The van der Waals surface area contributed by atoms with E-state index in [1.807, 2.05) is 0 Å². The van der Waals surface area contributed by atoms with E-state index in [4.69, 9.17) is 47.1 Å². The zero-order chi connectivity index (χ0) is 13.5. The van der Waals surface area contributed by atoms with Crippen molar-refractivity contribution in [2.75, 3.05) is 0 Å². The zero-order valence-electron chi connectivity index (χ0n) is 6.48. The zero-order valence-corrected chi connectivity index (χ0v) is 12.9. The van der Waals surface area contributed by atoms with Gasteiger partial charge >= 0.3 is 86.0 Å². The summed E-state index contributed by atoms with van der Waals surface area (Å²) in [6, 6.07) is 0. The smallest absolute Gasteiger partial charge is 0 e. The van der Waals surface area contributed by atoms with E-state index in [0.29, 0.717) is 0 Å². The maximum Gasteiger partial charge on any atom is 0 e. The second-order valence-electron chi connectivity index (χ2n) is 1.13. The molecule has 0 spiro atoms. The molecule has 0 N–H and O–H groups in total. The van der Waals surface area contributed by atoms with Gasteiger partial charge in [-0.1, -0.05) is 0 Å². The first kappa shape index (κ1) is 25.7. The second kappa shape index (κ2) is 9.95. The van der Waals surface area contributed by atoms with Gasteiger partial charge in [0.25, 0.3) is 0 Å². The normalized spacial score (nSPS) is 10.7. The van der Waals surface area contributed by atoms with Gasteiger partial charge in [0.2, 0.25) is 0 Å². The molecule has 0 heterocycles. The molecular formula is Mn3O12Pm-3. The fourth-order valence-corrected chi connectivity index (χ4v) is 0. The summed E-state index contributed by atoms with van der Waals surface area (Å²) in [4.78, 5) is 0. The van der Waals surface area contributed by atoms with Gasteiger partial charge in [0.05, 0.1) is 0 Å². The van der Waals surface area contributed by atoms with Crippen molar-refractivity contribution in [1.29, 1.82) is 0 Å². The molecule has 0 amide bonds. The fraction of sp³-hybridized carbons (Fsp3) is 0. The Bertz CT molecular complexity index is 480. The molecule has 0 aliphatic heterocycles. The molecule has 0 fully saturated rings. The van der Waals surface area contributed by atoms with E-state index >= 15 is 0 Å². The van der Waals surface area contributed by atoms with Crippen LogP contribution in [0, 0.1) is 40.4 Å². The van der Waals surface area contributed by atoms with Gasteiger partial charge in [-0.3, -0.25) is 0 Å². The van der Waals surface area contributed by atoms with Crippen molar-refractivity contribution >= 4 is 0 Å². The van der Waals surface area contributed by atoms with Crippen LogP contribution in [0.15, 0.2) is 0 Å². The molecule has 101 valence electrons. The molecule has 1 radical (unpaired) electrons. The summed E-state index contributed by atoms with van der Waals surface area (Å²) in [5, 5.41) is 0. The Labute approximate surface area is 125 Å². The minimum Gasteiger partial charge on any atom is 0 e. The second-order valence-corrected chi connectivity index (χ2v) is 4.68. The van der Waals surface area contributed by atoms with Crippen LogP contribution in [0.5, 0.6) is 0 Å². The maximum atomic E-state index is 8.58. The molecule has 12 nitrogen and oxygen atoms in total. The first-order valence-corrected chi connectivity index (χ1v) is 7.63. The topological polar surface area (TPSA) is 223 Å². The minimum absolute atomic E-state index is 0. The average molecular weight is 502 g/mol. The molecule has 0 aromatic heterocycles. The van der Waals surface area contributed by atoms with Crippen molar-refractivity contribution < 1.29 is 126 Å². The molecule has 0 saturated carbocycles. The van der Waals surface area contributed by atoms with Gasteiger partial charge in [0, 0.05) is 40.4 Å². The van der Waals surface area contributed by atoms with Crippen molar-refractivity contribution in [3.63, 3.8) is 0 Å². The fourth-order valence-electron chi connectivity index (χ4n) is 0. The van der Waals surface area contributed by atoms with E-state index in [0.717, 1.165) is 0 Å². The van der Waals surface area contributed by atoms with Gasteiger partial charge in [0.1, 0.15) is 0 Å². The van der Waals surface area contributed by atoms with Crippen LogP contribution >= 0.6 is 0 Å². The molecule has 0 aliphatic rings. The predicted molar refractivity (Wildman–Crippen MR) is 6.18 cm³/mol. The summed E-state index contributed by atoms with van der Waals surface area (Å²) in [7, 11) is 0. The quantitative estimate of drug-likeness (QED) is 0.286. The van der Waals surface area contributed by atoms with Crippen molar-refractivity contribution in [2.45, 2.75) is 0 Å². The molecule has 16 heteroatoms. The molecule has 0 saturated heterocycles. The minimum atomic E-state index is -5.62.